The number of nitrogens with zero attached hydrogens (tertiary/aromatic N) is 1. The van der Waals surface area contributed by atoms with Crippen molar-refractivity contribution in [1.82, 2.24) is 5.32 Å². The summed E-state index contributed by atoms with van der Waals surface area (Å²) in [6, 6.07) is 21.2. The summed E-state index contributed by atoms with van der Waals surface area (Å²) in [5.41, 5.74) is 1.67. The lowest BCUT2D eigenvalue weighted by Gasteiger charge is -2.22. The van der Waals surface area contributed by atoms with Gasteiger partial charge in [-0.15, -0.1) is 0 Å². The third kappa shape index (κ3) is 6.46. The molecule has 7 heteroatoms. The number of benzene rings is 3. The van der Waals surface area contributed by atoms with Crippen LogP contribution in [0.4, 0.5) is 5.69 Å². The summed E-state index contributed by atoms with van der Waals surface area (Å²) < 4.78 is 31.4. The first-order valence-corrected chi connectivity index (χ1v) is 12.1. The molecule has 0 heterocycles. The van der Waals surface area contributed by atoms with E-state index in [1.807, 2.05) is 61.5 Å². The zero-order valence-corrected chi connectivity index (χ0v) is 18.7. The molecule has 0 aromatic heterocycles. The minimum atomic E-state index is -3.42. The van der Waals surface area contributed by atoms with E-state index in [1.54, 1.807) is 12.1 Å². The summed E-state index contributed by atoms with van der Waals surface area (Å²) in [6.45, 7) is 2.94. The van der Waals surface area contributed by atoms with Gasteiger partial charge in [-0.1, -0.05) is 54.1 Å². The molecule has 0 bridgehead atoms. The van der Waals surface area contributed by atoms with Crippen LogP contribution in [-0.4, -0.2) is 40.3 Å². The Balaban J connectivity index is 1.43. The SMILES string of the molecule is Cc1ccc(N(CCCC(=O)NCCOc2cccc3ccccc23)S(C)(=O)=O)cc1. The standard InChI is InChI=1S/C24H28N2O4S/c1-19-12-14-21(15-13-19)26(31(2,28)29)17-6-11-24(27)25-16-18-30-23-10-5-8-20-7-3-4-9-22(20)23/h3-5,7-10,12-15H,6,11,16-18H2,1-2H3,(H,25,27). The third-order valence-electron chi connectivity index (χ3n) is 4.92. The Hall–Kier alpha value is -3.06. The maximum Gasteiger partial charge on any atom is 0.232 e. The van der Waals surface area contributed by atoms with Gasteiger partial charge in [0, 0.05) is 18.4 Å². The highest BCUT2D eigenvalue weighted by Gasteiger charge is 2.17. The van der Waals surface area contributed by atoms with Gasteiger partial charge in [0.15, 0.2) is 0 Å². The molecule has 0 unspecified atom stereocenters. The number of carbonyl (C=O) groups excluding carboxylic acids is 1. The molecule has 3 aromatic carbocycles. The fourth-order valence-corrected chi connectivity index (χ4v) is 4.31. The third-order valence-corrected chi connectivity index (χ3v) is 6.11. The Labute approximate surface area is 183 Å². The predicted octanol–water partition coefficient (Wildman–Crippen LogP) is 3.89. The van der Waals surface area contributed by atoms with Crippen molar-refractivity contribution in [3.05, 3.63) is 72.3 Å². The fraction of sp³-hybridized carbons (Fsp3) is 0.292. The second-order valence-electron chi connectivity index (χ2n) is 7.45. The van der Waals surface area contributed by atoms with Gasteiger partial charge in [0.05, 0.1) is 18.5 Å². The van der Waals surface area contributed by atoms with Gasteiger partial charge in [-0.2, -0.15) is 0 Å². The molecule has 1 amide bonds. The van der Waals surface area contributed by atoms with Crippen LogP contribution in [0.15, 0.2) is 66.7 Å². The number of anilines is 1. The Kier molecular flexibility index (Phi) is 7.52. The lowest BCUT2D eigenvalue weighted by Crippen LogP contribution is -2.32. The van der Waals surface area contributed by atoms with Crippen LogP contribution in [-0.2, 0) is 14.8 Å². The van der Waals surface area contributed by atoms with Crippen molar-refractivity contribution in [2.24, 2.45) is 0 Å². The summed E-state index contributed by atoms with van der Waals surface area (Å²) in [5.74, 6) is 0.660. The van der Waals surface area contributed by atoms with Crippen molar-refractivity contribution in [2.45, 2.75) is 19.8 Å². The predicted molar refractivity (Wildman–Crippen MR) is 125 cm³/mol. The average molecular weight is 441 g/mol. The minimum Gasteiger partial charge on any atom is -0.491 e. The van der Waals surface area contributed by atoms with Crippen LogP contribution in [0.25, 0.3) is 10.8 Å². The first-order chi connectivity index (χ1) is 14.8. The van der Waals surface area contributed by atoms with Gasteiger partial charge in [-0.3, -0.25) is 9.10 Å². The number of carbonyl (C=O) groups is 1. The Morgan fingerprint density at radius 3 is 2.45 bits per heavy atom. The molecule has 0 saturated heterocycles. The second-order valence-corrected chi connectivity index (χ2v) is 9.36. The number of amides is 1. The van der Waals surface area contributed by atoms with Crippen molar-refractivity contribution in [3.63, 3.8) is 0 Å². The van der Waals surface area contributed by atoms with Crippen LogP contribution in [0, 0.1) is 6.92 Å². The van der Waals surface area contributed by atoms with Crippen LogP contribution in [0.1, 0.15) is 18.4 Å². The number of sulfonamides is 1. The van der Waals surface area contributed by atoms with Gasteiger partial charge in [-0.25, -0.2) is 8.42 Å². The molecule has 0 saturated carbocycles. The zero-order valence-electron chi connectivity index (χ0n) is 17.9. The number of fused-ring (bicyclic) bond motifs is 1. The van der Waals surface area contributed by atoms with E-state index in [4.69, 9.17) is 4.74 Å². The molecule has 6 nitrogen and oxygen atoms in total. The second kappa shape index (κ2) is 10.3. The van der Waals surface area contributed by atoms with Crippen LogP contribution in [0.2, 0.25) is 0 Å². The Morgan fingerprint density at radius 2 is 1.71 bits per heavy atom. The molecular formula is C24H28N2O4S. The summed E-state index contributed by atoms with van der Waals surface area (Å²) in [6.07, 6.45) is 1.85. The quantitative estimate of drug-likeness (QED) is 0.485. The topological polar surface area (TPSA) is 75.7 Å². The lowest BCUT2D eigenvalue weighted by molar-refractivity contribution is -0.121. The Bertz CT molecular complexity index is 1120. The molecule has 31 heavy (non-hydrogen) atoms. The van der Waals surface area contributed by atoms with Crippen molar-refractivity contribution in [3.8, 4) is 5.75 Å². The molecule has 3 rings (SSSR count). The minimum absolute atomic E-state index is 0.126. The first kappa shape index (κ1) is 22.6. The van der Waals surface area contributed by atoms with Crippen LogP contribution >= 0.6 is 0 Å². The van der Waals surface area contributed by atoms with Gasteiger partial charge in [0.25, 0.3) is 0 Å². The van der Waals surface area contributed by atoms with Gasteiger partial charge in [0.1, 0.15) is 12.4 Å². The van der Waals surface area contributed by atoms with E-state index in [1.165, 1.54) is 10.6 Å². The summed E-state index contributed by atoms with van der Waals surface area (Å²) in [7, 11) is -3.42. The molecule has 1 N–H and O–H groups in total. The van der Waals surface area contributed by atoms with E-state index in [9.17, 15) is 13.2 Å². The van der Waals surface area contributed by atoms with Crippen LogP contribution in [0.5, 0.6) is 5.75 Å². The van der Waals surface area contributed by atoms with Gasteiger partial charge in [-0.05, 0) is 36.9 Å². The van der Waals surface area contributed by atoms with Crippen molar-refractivity contribution in [1.29, 1.82) is 0 Å². The van der Waals surface area contributed by atoms with Crippen LogP contribution in [0.3, 0.4) is 0 Å². The smallest absolute Gasteiger partial charge is 0.232 e. The van der Waals surface area contributed by atoms with Crippen molar-refractivity contribution < 1.29 is 17.9 Å². The van der Waals surface area contributed by atoms with E-state index in [-0.39, 0.29) is 18.9 Å². The molecule has 0 atom stereocenters. The van der Waals surface area contributed by atoms with Gasteiger partial charge >= 0.3 is 0 Å². The molecule has 0 aliphatic carbocycles. The van der Waals surface area contributed by atoms with E-state index in [0.29, 0.717) is 25.3 Å². The maximum atomic E-state index is 12.1. The number of hydrogen-bond acceptors (Lipinski definition) is 4. The number of ether oxygens (including phenoxy) is 1. The fourth-order valence-electron chi connectivity index (χ4n) is 3.34. The molecule has 0 spiro atoms. The number of rotatable bonds is 10. The number of nitrogens with one attached hydrogen (secondary N) is 1. The van der Waals surface area contributed by atoms with E-state index in [0.717, 1.165) is 22.1 Å². The molecule has 164 valence electrons. The van der Waals surface area contributed by atoms with Crippen molar-refractivity contribution >= 4 is 32.4 Å². The maximum absolute atomic E-state index is 12.1. The Morgan fingerprint density at radius 1 is 1.00 bits per heavy atom. The highest BCUT2D eigenvalue weighted by molar-refractivity contribution is 7.92. The highest BCUT2D eigenvalue weighted by Crippen LogP contribution is 2.25. The van der Waals surface area contributed by atoms with Gasteiger partial charge in [0.2, 0.25) is 15.9 Å². The molecule has 0 fully saturated rings. The lowest BCUT2D eigenvalue weighted by atomic mass is 10.1. The summed E-state index contributed by atoms with van der Waals surface area (Å²) >= 11 is 0. The average Bonchev–Trinajstić information content (AvgIpc) is 2.74. The largest absolute Gasteiger partial charge is 0.491 e. The van der Waals surface area contributed by atoms with Gasteiger partial charge < -0.3 is 10.1 Å². The zero-order chi connectivity index (χ0) is 22.3. The van der Waals surface area contributed by atoms with E-state index < -0.39 is 10.0 Å². The molecule has 0 radical (unpaired) electrons. The molecule has 0 aliphatic rings. The first-order valence-electron chi connectivity index (χ1n) is 10.3. The summed E-state index contributed by atoms with van der Waals surface area (Å²) in [5, 5.41) is 4.97. The number of aryl methyl sites for hydroxylation is 1. The molecule has 3 aromatic rings. The highest BCUT2D eigenvalue weighted by atomic mass is 32.2. The van der Waals surface area contributed by atoms with E-state index in [2.05, 4.69) is 5.32 Å². The van der Waals surface area contributed by atoms with Crippen LogP contribution < -0.4 is 14.4 Å². The molecule has 0 aliphatic heterocycles. The number of hydrogen-bond donors (Lipinski definition) is 1. The van der Waals surface area contributed by atoms with Crippen molar-refractivity contribution in [2.75, 3.05) is 30.3 Å². The molecular weight excluding hydrogens is 412 g/mol. The van der Waals surface area contributed by atoms with E-state index >= 15 is 0 Å². The monoisotopic (exact) mass is 440 g/mol. The normalized spacial score (nSPS) is 11.3. The summed E-state index contributed by atoms with van der Waals surface area (Å²) in [4.78, 5) is 12.1.